The summed E-state index contributed by atoms with van der Waals surface area (Å²) in [5, 5.41) is 18.5. The predicted octanol–water partition coefficient (Wildman–Crippen LogP) is 0.781. The third kappa shape index (κ3) is 2.97. The second kappa shape index (κ2) is 3.27. The molecule has 76 valence electrons. The fourth-order valence-corrected chi connectivity index (χ4v) is 1.88. The molecule has 0 spiro atoms. The monoisotopic (exact) mass is 188 g/mol. The summed E-state index contributed by atoms with van der Waals surface area (Å²) >= 11 is 0. The number of carboxylic acid groups (broad SMARTS) is 1. The highest BCUT2D eigenvalue weighted by atomic mass is 16.5. The maximum Gasteiger partial charge on any atom is 0.306 e. The summed E-state index contributed by atoms with van der Waals surface area (Å²) in [7, 11) is 0. The summed E-state index contributed by atoms with van der Waals surface area (Å²) in [5.41, 5.74) is -1.50. The van der Waals surface area contributed by atoms with Crippen LogP contribution in [0.25, 0.3) is 0 Å². The number of aliphatic carboxylic acids is 1. The largest absolute Gasteiger partial charge is 0.481 e. The minimum Gasteiger partial charge on any atom is -0.481 e. The van der Waals surface area contributed by atoms with E-state index in [-0.39, 0.29) is 6.42 Å². The van der Waals surface area contributed by atoms with Gasteiger partial charge in [-0.2, -0.15) is 0 Å². The van der Waals surface area contributed by atoms with Crippen molar-refractivity contribution >= 4 is 5.97 Å². The molecule has 1 aliphatic rings. The van der Waals surface area contributed by atoms with Crippen LogP contribution in [0.1, 0.15) is 33.1 Å². The molecular weight excluding hydrogens is 172 g/mol. The summed E-state index contributed by atoms with van der Waals surface area (Å²) in [6.45, 7) is 4.15. The van der Waals surface area contributed by atoms with Crippen molar-refractivity contribution in [2.24, 2.45) is 0 Å². The number of hydrogen-bond donors (Lipinski definition) is 2. The second-order valence-electron chi connectivity index (χ2n) is 4.33. The van der Waals surface area contributed by atoms with Gasteiger partial charge in [-0.1, -0.05) is 0 Å². The number of carboxylic acids is 1. The molecule has 0 aromatic carbocycles. The highest BCUT2D eigenvalue weighted by molar-refractivity contribution is 5.68. The number of ether oxygens (including phenoxy) is 1. The Kier molecular flexibility index (Phi) is 2.63. The Hall–Kier alpha value is -0.610. The molecule has 0 aliphatic carbocycles. The third-order valence-electron chi connectivity index (χ3n) is 2.30. The van der Waals surface area contributed by atoms with Gasteiger partial charge in [-0.15, -0.1) is 0 Å². The Morgan fingerprint density at radius 2 is 2.15 bits per heavy atom. The van der Waals surface area contributed by atoms with Crippen LogP contribution in [0.2, 0.25) is 0 Å². The molecule has 4 heteroatoms. The van der Waals surface area contributed by atoms with Crippen molar-refractivity contribution in [3.8, 4) is 0 Å². The first-order valence-electron chi connectivity index (χ1n) is 4.41. The Morgan fingerprint density at radius 1 is 1.54 bits per heavy atom. The van der Waals surface area contributed by atoms with Gasteiger partial charge in [0.25, 0.3) is 0 Å². The highest BCUT2D eigenvalue weighted by Crippen LogP contribution is 2.33. The fraction of sp³-hybridized carbons (Fsp3) is 0.889. The zero-order valence-electron chi connectivity index (χ0n) is 8.04. The SMILES string of the molecule is CC1(C)CC(O)(CC(=O)O)CCO1. The molecule has 1 fully saturated rings. The summed E-state index contributed by atoms with van der Waals surface area (Å²) in [4.78, 5) is 10.5. The van der Waals surface area contributed by atoms with Crippen molar-refractivity contribution in [1.29, 1.82) is 0 Å². The first kappa shape index (κ1) is 10.5. The molecule has 0 radical (unpaired) electrons. The lowest BCUT2D eigenvalue weighted by molar-refractivity contribution is -0.163. The lowest BCUT2D eigenvalue weighted by Crippen LogP contribution is -2.46. The van der Waals surface area contributed by atoms with E-state index in [1.807, 2.05) is 13.8 Å². The lowest BCUT2D eigenvalue weighted by Gasteiger charge is -2.40. The Labute approximate surface area is 77.5 Å². The van der Waals surface area contributed by atoms with Crippen LogP contribution in [-0.2, 0) is 9.53 Å². The van der Waals surface area contributed by atoms with Crippen LogP contribution < -0.4 is 0 Å². The molecule has 1 atom stereocenters. The van der Waals surface area contributed by atoms with E-state index >= 15 is 0 Å². The maximum atomic E-state index is 10.5. The van der Waals surface area contributed by atoms with E-state index < -0.39 is 17.2 Å². The molecule has 0 saturated carbocycles. The molecule has 0 aromatic rings. The number of carbonyl (C=O) groups is 1. The average molecular weight is 188 g/mol. The minimum atomic E-state index is -1.09. The van der Waals surface area contributed by atoms with Crippen LogP contribution in [0.15, 0.2) is 0 Å². The van der Waals surface area contributed by atoms with Crippen LogP contribution in [0.3, 0.4) is 0 Å². The molecule has 2 N–H and O–H groups in total. The molecule has 1 aliphatic heterocycles. The molecule has 1 heterocycles. The molecule has 13 heavy (non-hydrogen) atoms. The van der Waals surface area contributed by atoms with Crippen LogP contribution in [0, 0.1) is 0 Å². The van der Waals surface area contributed by atoms with E-state index in [4.69, 9.17) is 9.84 Å². The molecule has 4 nitrogen and oxygen atoms in total. The smallest absolute Gasteiger partial charge is 0.306 e. The third-order valence-corrected chi connectivity index (χ3v) is 2.30. The van der Waals surface area contributed by atoms with Crippen LogP contribution >= 0.6 is 0 Å². The number of hydrogen-bond acceptors (Lipinski definition) is 3. The standard InChI is InChI=1S/C9H16O4/c1-8(2)6-9(12,3-4-13-8)5-7(10)11/h12H,3-6H2,1-2H3,(H,10,11). The summed E-state index contributed by atoms with van der Waals surface area (Å²) in [6.07, 6.45) is 0.592. The van der Waals surface area contributed by atoms with Gasteiger partial charge >= 0.3 is 5.97 Å². The maximum absolute atomic E-state index is 10.5. The van der Waals surface area contributed by atoms with Crippen molar-refractivity contribution in [2.75, 3.05) is 6.61 Å². The fourth-order valence-electron chi connectivity index (χ4n) is 1.88. The van der Waals surface area contributed by atoms with Gasteiger partial charge in [0, 0.05) is 12.8 Å². The van der Waals surface area contributed by atoms with Gasteiger partial charge in [-0.25, -0.2) is 0 Å². The summed E-state index contributed by atoms with van der Waals surface area (Å²) in [6, 6.07) is 0. The summed E-state index contributed by atoms with van der Waals surface area (Å²) < 4.78 is 5.39. The van der Waals surface area contributed by atoms with Gasteiger partial charge in [0.05, 0.1) is 24.2 Å². The first-order chi connectivity index (χ1) is 5.83. The molecular formula is C9H16O4. The molecule has 0 amide bonds. The highest BCUT2D eigenvalue weighted by Gasteiger charge is 2.40. The summed E-state index contributed by atoms with van der Waals surface area (Å²) in [5.74, 6) is -0.958. The van der Waals surface area contributed by atoms with Crippen LogP contribution in [0.5, 0.6) is 0 Å². The topological polar surface area (TPSA) is 66.8 Å². The molecule has 1 rings (SSSR count). The molecule has 1 unspecified atom stereocenters. The van der Waals surface area contributed by atoms with Gasteiger partial charge < -0.3 is 14.9 Å². The van der Waals surface area contributed by atoms with Crippen molar-refractivity contribution in [2.45, 2.75) is 44.3 Å². The van der Waals surface area contributed by atoms with Crippen molar-refractivity contribution in [3.05, 3.63) is 0 Å². The number of rotatable bonds is 2. The van der Waals surface area contributed by atoms with Gasteiger partial charge in [0.1, 0.15) is 0 Å². The van der Waals surface area contributed by atoms with Crippen molar-refractivity contribution < 1.29 is 19.7 Å². The predicted molar refractivity (Wildman–Crippen MR) is 46.5 cm³/mol. The van der Waals surface area contributed by atoms with E-state index in [1.165, 1.54) is 0 Å². The molecule has 0 aromatic heterocycles. The van der Waals surface area contributed by atoms with Gasteiger partial charge in [0.15, 0.2) is 0 Å². The average Bonchev–Trinajstić information content (AvgIpc) is 1.79. The zero-order valence-corrected chi connectivity index (χ0v) is 8.04. The van der Waals surface area contributed by atoms with Crippen LogP contribution in [0.4, 0.5) is 0 Å². The van der Waals surface area contributed by atoms with E-state index in [9.17, 15) is 9.90 Å². The van der Waals surface area contributed by atoms with Crippen molar-refractivity contribution in [3.63, 3.8) is 0 Å². The van der Waals surface area contributed by atoms with E-state index in [1.54, 1.807) is 0 Å². The quantitative estimate of drug-likeness (QED) is 0.672. The Balaban J connectivity index is 2.63. The Morgan fingerprint density at radius 3 is 2.62 bits per heavy atom. The van der Waals surface area contributed by atoms with Gasteiger partial charge in [0.2, 0.25) is 0 Å². The number of aliphatic hydroxyl groups is 1. The van der Waals surface area contributed by atoms with Crippen molar-refractivity contribution in [1.82, 2.24) is 0 Å². The molecule has 0 bridgehead atoms. The van der Waals surface area contributed by atoms with Gasteiger partial charge in [-0.05, 0) is 13.8 Å². The van der Waals surface area contributed by atoms with E-state index in [0.29, 0.717) is 19.4 Å². The van der Waals surface area contributed by atoms with E-state index in [0.717, 1.165) is 0 Å². The second-order valence-corrected chi connectivity index (χ2v) is 4.33. The van der Waals surface area contributed by atoms with Crippen LogP contribution in [-0.4, -0.2) is 34.0 Å². The normalized spacial score (nSPS) is 32.8. The molecule has 1 saturated heterocycles. The first-order valence-corrected chi connectivity index (χ1v) is 4.41. The minimum absolute atomic E-state index is 0.195. The Bertz CT molecular complexity index is 212. The van der Waals surface area contributed by atoms with E-state index in [2.05, 4.69) is 0 Å². The lowest BCUT2D eigenvalue weighted by atomic mass is 9.82. The van der Waals surface area contributed by atoms with Gasteiger partial charge in [-0.3, -0.25) is 4.79 Å². The zero-order chi connectivity index (χ0) is 10.1.